The lowest BCUT2D eigenvalue weighted by atomic mass is 10.1. The van der Waals surface area contributed by atoms with Gasteiger partial charge in [0.25, 0.3) is 0 Å². The largest absolute Gasteiger partial charge is 0.497 e. The summed E-state index contributed by atoms with van der Waals surface area (Å²) in [6.07, 6.45) is 1.44. The molecule has 3 nitrogen and oxygen atoms in total. The third-order valence-corrected chi connectivity index (χ3v) is 3.73. The van der Waals surface area contributed by atoms with Crippen LogP contribution in [0.1, 0.15) is 29.2 Å². The van der Waals surface area contributed by atoms with Crippen LogP contribution in [0.4, 0.5) is 0 Å². The topological polar surface area (TPSA) is 38.7 Å². The molecule has 0 spiro atoms. The average molecular weight is 270 g/mol. The maximum atomic E-state index is 9.78. The molecule has 2 aromatic carbocycles. The van der Waals surface area contributed by atoms with Gasteiger partial charge in [0.05, 0.1) is 13.2 Å². The summed E-state index contributed by atoms with van der Waals surface area (Å²) in [6.45, 7) is 0.533. The number of fused-ring (bicyclic) bond motifs is 1. The van der Waals surface area contributed by atoms with Gasteiger partial charge in [-0.1, -0.05) is 18.2 Å². The SMILES string of the molecule is COc1ccc(COc2ccc3c(c2)CC[C@H]3O)cc1. The normalized spacial score (nSPS) is 16.8. The fourth-order valence-electron chi connectivity index (χ4n) is 2.55. The molecule has 104 valence electrons. The lowest BCUT2D eigenvalue weighted by Crippen LogP contribution is -1.97. The minimum absolute atomic E-state index is 0.305. The molecule has 0 radical (unpaired) electrons. The molecule has 0 saturated heterocycles. The molecule has 2 aromatic rings. The summed E-state index contributed by atoms with van der Waals surface area (Å²) in [7, 11) is 1.66. The van der Waals surface area contributed by atoms with E-state index >= 15 is 0 Å². The number of ether oxygens (including phenoxy) is 2. The lowest BCUT2D eigenvalue weighted by molar-refractivity contribution is 0.180. The quantitative estimate of drug-likeness (QED) is 0.926. The summed E-state index contributed by atoms with van der Waals surface area (Å²) in [5.74, 6) is 1.70. The van der Waals surface area contributed by atoms with E-state index in [1.54, 1.807) is 7.11 Å². The van der Waals surface area contributed by atoms with Gasteiger partial charge in [-0.3, -0.25) is 0 Å². The van der Waals surface area contributed by atoms with Crippen LogP contribution in [-0.4, -0.2) is 12.2 Å². The minimum Gasteiger partial charge on any atom is -0.497 e. The average Bonchev–Trinajstić information content (AvgIpc) is 2.87. The van der Waals surface area contributed by atoms with Crippen molar-refractivity contribution in [2.24, 2.45) is 0 Å². The van der Waals surface area contributed by atoms with Gasteiger partial charge in [0, 0.05) is 0 Å². The number of aryl methyl sites for hydroxylation is 1. The van der Waals surface area contributed by atoms with Crippen molar-refractivity contribution in [3.8, 4) is 11.5 Å². The van der Waals surface area contributed by atoms with E-state index in [9.17, 15) is 5.11 Å². The first-order valence-electron chi connectivity index (χ1n) is 6.83. The monoisotopic (exact) mass is 270 g/mol. The third-order valence-electron chi connectivity index (χ3n) is 3.73. The van der Waals surface area contributed by atoms with Gasteiger partial charge in [-0.15, -0.1) is 0 Å². The Bertz CT molecular complexity index is 590. The van der Waals surface area contributed by atoms with Crippen LogP contribution in [0.15, 0.2) is 42.5 Å². The number of aliphatic hydroxyl groups excluding tert-OH is 1. The Labute approximate surface area is 118 Å². The van der Waals surface area contributed by atoms with Crippen LogP contribution in [0.5, 0.6) is 11.5 Å². The van der Waals surface area contributed by atoms with Gasteiger partial charge in [0.15, 0.2) is 0 Å². The van der Waals surface area contributed by atoms with Crippen molar-refractivity contribution in [2.75, 3.05) is 7.11 Å². The molecular weight excluding hydrogens is 252 g/mol. The maximum absolute atomic E-state index is 9.78. The van der Waals surface area contributed by atoms with Crippen LogP contribution in [0.2, 0.25) is 0 Å². The maximum Gasteiger partial charge on any atom is 0.120 e. The molecule has 3 heteroatoms. The van der Waals surface area contributed by atoms with E-state index in [4.69, 9.17) is 9.47 Å². The first kappa shape index (κ1) is 13.0. The van der Waals surface area contributed by atoms with E-state index in [-0.39, 0.29) is 6.10 Å². The molecule has 0 unspecified atom stereocenters. The van der Waals surface area contributed by atoms with Gasteiger partial charge in [-0.25, -0.2) is 0 Å². The highest BCUT2D eigenvalue weighted by Gasteiger charge is 2.20. The Hall–Kier alpha value is -2.00. The van der Waals surface area contributed by atoms with Crippen molar-refractivity contribution >= 4 is 0 Å². The molecular formula is C17H18O3. The summed E-state index contributed by atoms with van der Waals surface area (Å²) in [4.78, 5) is 0. The number of methoxy groups -OCH3 is 1. The molecule has 1 atom stereocenters. The van der Waals surface area contributed by atoms with Crippen molar-refractivity contribution in [1.29, 1.82) is 0 Å². The zero-order valence-electron chi connectivity index (χ0n) is 11.5. The molecule has 0 saturated carbocycles. The molecule has 0 heterocycles. The van der Waals surface area contributed by atoms with E-state index in [2.05, 4.69) is 0 Å². The second-order valence-corrected chi connectivity index (χ2v) is 5.05. The van der Waals surface area contributed by atoms with Crippen LogP contribution < -0.4 is 9.47 Å². The van der Waals surface area contributed by atoms with Crippen LogP contribution in [0, 0.1) is 0 Å². The Morgan fingerprint density at radius 2 is 1.85 bits per heavy atom. The van der Waals surface area contributed by atoms with Crippen LogP contribution in [0.3, 0.4) is 0 Å². The Morgan fingerprint density at radius 3 is 2.60 bits per heavy atom. The predicted molar refractivity (Wildman–Crippen MR) is 77.0 cm³/mol. The molecule has 20 heavy (non-hydrogen) atoms. The summed E-state index contributed by atoms with van der Waals surface area (Å²) in [6, 6.07) is 13.8. The van der Waals surface area contributed by atoms with E-state index < -0.39 is 0 Å². The molecule has 1 aliphatic carbocycles. The van der Waals surface area contributed by atoms with Crippen LogP contribution in [0.25, 0.3) is 0 Å². The fraction of sp³-hybridized carbons (Fsp3) is 0.294. The standard InChI is InChI=1S/C17H18O3/c1-19-14-5-2-12(3-6-14)11-20-15-7-8-16-13(10-15)4-9-17(16)18/h2-3,5-8,10,17-18H,4,9,11H2,1H3/t17-/m1/s1. The number of aliphatic hydroxyl groups is 1. The van der Waals surface area contributed by atoms with Gasteiger partial charge in [-0.05, 0) is 53.8 Å². The second-order valence-electron chi connectivity index (χ2n) is 5.05. The first-order valence-corrected chi connectivity index (χ1v) is 6.83. The summed E-state index contributed by atoms with van der Waals surface area (Å²) in [5, 5.41) is 9.78. The molecule has 0 aliphatic heterocycles. The molecule has 1 N–H and O–H groups in total. The van der Waals surface area contributed by atoms with Crippen LogP contribution in [-0.2, 0) is 13.0 Å². The Kier molecular flexibility index (Phi) is 3.61. The van der Waals surface area contributed by atoms with E-state index in [0.717, 1.165) is 35.5 Å². The van der Waals surface area contributed by atoms with Gasteiger partial charge in [-0.2, -0.15) is 0 Å². The van der Waals surface area contributed by atoms with Gasteiger partial charge in [0.2, 0.25) is 0 Å². The van der Waals surface area contributed by atoms with Crippen molar-refractivity contribution in [3.63, 3.8) is 0 Å². The Balaban J connectivity index is 1.66. The zero-order valence-corrected chi connectivity index (χ0v) is 11.5. The number of hydrogen-bond donors (Lipinski definition) is 1. The van der Waals surface area contributed by atoms with E-state index in [0.29, 0.717) is 6.61 Å². The van der Waals surface area contributed by atoms with Gasteiger partial charge < -0.3 is 14.6 Å². The number of hydrogen-bond acceptors (Lipinski definition) is 3. The van der Waals surface area contributed by atoms with Crippen molar-refractivity contribution in [1.82, 2.24) is 0 Å². The second kappa shape index (κ2) is 5.55. The Morgan fingerprint density at radius 1 is 1.10 bits per heavy atom. The molecule has 0 fully saturated rings. The highest BCUT2D eigenvalue weighted by Crippen LogP contribution is 2.33. The number of benzene rings is 2. The zero-order chi connectivity index (χ0) is 13.9. The summed E-state index contributed by atoms with van der Waals surface area (Å²) >= 11 is 0. The molecule has 0 amide bonds. The summed E-state index contributed by atoms with van der Waals surface area (Å²) in [5.41, 5.74) is 3.35. The molecule has 3 rings (SSSR count). The molecule has 1 aliphatic rings. The first-order chi connectivity index (χ1) is 9.76. The van der Waals surface area contributed by atoms with Crippen molar-refractivity contribution in [2.45, 2.75) is 25.6 Å². The van der Waals surface area contributed by atoms with E-state index in [1.807, 2.05) is 42.5 Å². The minimum atomic E-state index is -0.305. The fourth-order valence-corrected chi connectivity index (χ4v) is 2.55. The molecule has 0 bridgehead atoms. The lowest BCUT2D eigenvalue weighted by Gasteiger charge is -2.09. The van der Waals surface area contributed by atoms with E-state index in [1.165, 1.54) is 5.56 Å². The van der Waals surface area contributed by atoms with Crippen molar-refractivity contribution in [3.05, 3.63) is 59.2 Å². The highest BCUT2D eigenvalue weighted by molar-refractivity contribution is 5.40. The predicted octanol–water partition coefficient (Wildman–Crippen LogP) is 3.25. The number of rotatable bonds is 4. The molecule has 0 aromatic heterocycles. The van der Waals surface area contributed by atoms with Crippen LogP contribution >= 0.6 is 0 Å². The van der Waals surface area contributed by atoms with Gasteiger partial charge >= 0.3 is 0 Å². The highest BCUT2D eigenvalue weighted by atomic mass is 16.5. The smallest absolute Gasteiger partial charge is 0.120 e. The third kappa shape index (κ3) is 2.63. The summed E-state index contributed by atoms with van der Waals surface area (Å²) < 4.78 is 10.9. The van der Waals surface area contributed by atoms with Crippen molar-refractivity contribution < 1.29 is 14.6 Å². The van der Waals surface area contributed by atoms with Gasteiger partial charge in [0.1, 0.15) is 18.1 Å².